The van der Waals surface area contributed by atoms with E-state index < -0.39 is 0 Å². The average molecular weight is 358 g/mol. The molecule has 1 unspecified atom stereocenters. The molecule has 1 aromatic heterocycles. The Morgan fingerprint density at radius 2 is 1.85 bits per heavy atom. The normalized spacial score (nSPS) is 15.5. The van der Waals surface area contributed by atoms with Gasteiger partial charge < -0.3 is 9.80 Å². The molecule has 2 aromatic carbocycles. The second kappa shape index (κ2) is 7.19. The van der Waals surface area contributed by atoms with E-state index in [0.29, 0.717) is 12.2 Å². The van der Waals surface area contributed by atoms with Crippen molar-refractivity contribution in [2.45, 2.75) is 25.9 Å². The number of benzene rings is 2. The highest BCUT2D eigenvalue weighted by Gasteiger charge is 2.32. The summed E-state index contributed by atoms with van der Waals surface area (Å²) >= 11 is 0. The summed E-state index contributed by atoms with van der Waals surface area (Å²) in [7, 11) is 1.97. The standard InChI is InChI=1S/C22H22N4O/c1-16-12-18-10-6-7-11-20(18)26(16)22(27)19-13-21(24-15-23-19)25(2)14-17-8-4-3-5-9-17/h3-11,13,15-16H,12,14H2,1-2H3. The molecule has 0 N–H and O–H groups in total. The van der Waals surface area contributed by atoms with E-state index in [1.165, 1.54) is 17.5 Å². The van der Waals surface area contributed by atoms with Crippen LogP contribution in [0.15, 0.2) is 67.0 Å². The van der Waals surface area contributed by atoms with Crippen LogP contribution in [0.4, 0.5) is 11.5 Å². The van der Waals surface area contributed by atoms with Crippen LogP contribution in [0.5, 0.6) is 0 Å². The van der Waals surface area contributed by atoms with E-state index in [1.807, 2.05) is 53.2 Å². The van der Waals surface area contributed by atoms with Crippen molar-refractivity contribution < 1.29 is 4.79 Å². The Balaban J connectivity index is 1.58. The summed E-state index contributed by atoms with van der Waals surface area (Å²) in [6.07, 6.45) is 2.34. The van der Waals surface area contributed by atoms with E-state index in [2.05, 4.69) is 35.1 Å². The van der Waals surface area contributed by atoms with Gasteiger partial charge in [0, 0.05) is 31.4 Å². The Kier molecular flexibility index (Phi) is 4.59. The summed E-state index contributed by atoms with van der Waals surface area (Å²) in [6, 6.07) is 20.2. The molecular formula is C22H22N4O. The Hall–Kier alpha value is -3.21. The molecule has 2 heterocycles. The molecule has 1 aliphatic heterocycles. The molecule has 5 heteroatoms. The van der Waals surface area contributed by atoms with Crippen LogP contribution in [0.25, 0.3) is 0 Å². The van der Waals surface area contributed by atoms with Gasteiger partial charge in [-0.15, -0.1) is 0 Å². The van der Waals surface area contributed by atoms with Crippen molar-refractivity contribution in [2.24, 2.45) is 0 Å². The lowest BCUT2D eigenvalue weighted by atomic mass is 10.1. The molecule has 27 heavy (non-hydrogen) atoms. The van der Waals surface area contributed by atoms with Gasteiger partial charge in [0.05, 0.1) is 0 Å². The fourth-order valence-electron chi connectivity index (χ4n) is 3.61. The summed E-state index contributed by atoms with van der Waals surface area (Å²) in [5.74, 6) is 0.654. The topological polar surface area (TPSA) is 49.3 Å². The number of fused-ring (bicyclic) bond motifs is 1. The number of amides is 1. The van der Waals surface area contributed by atoms with Crippen LogP contribution >= 0.6 is 0 Å². The lowest BCUT2D eigenvalue weighted by Gasteiger charge is -2.23. The van der Waals surface area contributed by atoms with E-state index in [0.717, 1.165) is 17.9 Å². The summed E-state index contributed by atoms with van der Waals surface area (Å²) in [6.45, 7) is 2.79. The van der Waals surface area contributed by atoms with Crippen LogP contribution in [0.1, 0.15) is 28.5 Å². The predicted molar refractivity (Wildman–Crippen MR) is 107 cm³/mol. The van der Waals surface area contributed by atoms with E-state index in [1.54, 1.807) is 6.07 Å². The van der Waals surface area contributed by atoms with Gasteiger partial charge in [0.2, 0.25) is 0 Å². The molecule has 3 aromatic rings. The van der Waals surface area contributed by atoms with Gasteiger partial charge in [-0.3, -0.25) is 4.79 Å². The van der Waals surface area contributed by atoms with E-state index >= 15 is 0 Å². The third-order valence-electron chi connectivity index (χ3n) is 4.95. The number of hydrogen-bond acceptors (Lipinski definition) is 4. The highest BCUT2D eigenvalue weighted by molar-refractivity contribution is 6.06. The maximum atomic E-state index is 13.2. The minimum atomic E-state index is -0.0794. The van der Waals surface area contributed by atoms with E-state index in [4.69, 9.17) is 0 Å². The molecular weight excluding hydrogens is 336 g/mol. The number of aromatic nitrogens is 2. The quantitative estimate of drug-likeness (QED) is 0.713. The summed E-state index contributed by atoms with van der Waals surface area (Å²) in [4.78, 5) is 25.6. The van der Waals surface area contributed by atoms with Gasteiger partial charge in [-0.05, 0) is 30.5 Å². The zero-order chi connectivity index (χ0) is 18.8. The average Bonchev–Trinajstić information content (AvgIpc) is 3.04. The first-order valence-corrected chi connectivity index (χ1v) is 9.12. The molecule has 0 saturated heterocycles. The largest absolute Gasteiger partial charge is 0.355 e. The fourth-order valence-corrected chi connectivity index (χ4v) is 3.61. The Morgan fingerprint density at radius 3 is 2.67 bits per heavy atom. The molecule has 0 fully saturated rings. The van der Waals surface area contributed by atoms with Gasteiger partial charge in [-0.25, -0.2) is 9.97 Å². The molecule has 4 rings (SSSR count). The van der Waals surface area contributed by atoms with Gasteiger partial charge in [0.1, 0.15) is 17.8 Å². The molecule has 1 amide bonds. The molecule has 136 valence electrons. The van der Waals surface area contributed by atoms with Crippen LogP contribution in [0, 0.1) is 0 Å². The van der Waals surface area contributed by atoms with Gasteiger partial charge in [0.25, 0.3) is 5.91 Å². The minimum Gasteiger partial charge on any atom is -0.355 e. The third kappa shape index (κ3) is 3.40. The molecule has 0 aliphatic carbocycles. The van der Waals surface area contributed by atoms with Crippen molar-refractivity contribution in [3.8, 4) is 0 Å². The number of anilines is 2. The number of carbonyl (C=O) groups excluding carboxylic acids is 1. The van der Waals surface area contributed by atoms with Crippen molar-refractivity contribution in [2.75, 3.05) is 16.8 Å². The van der Waals surface area contributed by atoms with E-state index in [-0.39, 0.29) is 11.9 Å². The molecule has 0 spiro atoms. The first-order chi connectivity index (χ1) is 13.1. The van der Waals surface area contributed by atoms with Crippen LogP contribution in [-0.4, -0.2) is 29.0 Å². The van der Waals surface area contributed by atoms with Crippen molar-refractivity contribution >= 4 is 17.4 Å². The Bertz CT molecular complexity index is 957. The lowest BCUT2D eigenvalue weighted by Crippen LogP contribution is -2.36. The van der Waals surface area contributed by atoms with Gasteiger partial charge in [-0.1, -0.05) is 48.5 Å². The van der Waals surface area contributed by atoms with Gasteiger partial charge >= 0.3 is 0 Å². The Labute approximate surface area is 159 Å². The van der Waals surface area contributed by atoms with E-state index in [9.17, 15) is 4.79 Å². The predicted octanol–water partition coefficient (Wildman–Crippen LogP) is 3.70. The monoisotopic (exact) mass is 358 g/mol. The summed E-state index contributed by atoms with van der Waals surface area (Å²) < 4.78 is 0. The number of carbonyl (C=O) groups is 1. The minimum absolute atomic E-state index is 0.0794. The number of rotatable bonds is 4. The van der Waals surface area contributed by atoms with Crippen molar-refractivity contribution in [1.82, 2.24) is 9.97 Å². The highest BCUT2D eigenvalue weighted by atomic mass is 16.2. The summed E-state index contributed by atoms with van der Waals surface area (Å²) in [5.41, 5.74) is 3.79. The Morgan fingerprint density at radius 1 is 1.11 bits per heavy atom. The number of nitrogens with zero attached hydrogens (tertiary/aromatic N) is 4. The van der Waals surface area contributed by atoms with Crippen LogP contribution in [0.3, 0.4) is 0 Å². The fraction of sp³-hybridized carbons (Fsp3) is 0.227. The second-order valence-electron chi connectivity index (χ2n) is 6.96. The molecule has 0 radical (unpaired) electrons. The SMILES string of the molecule is CC1Cc2ccccc2N1C(=O)c1cc(N(C)Cc2ccccc2)ncn1. The zero-order valence-corrected chi connectivity index (χ0v) is 15.5. The van der Waals surface area contributed by atoms with Crippen LogP contribution < -0.4 is 9.80 Å². The first-order valence-electron chi connectivity index (χ1n) is 9.12. The van der Waals surface area contributed by atoms with Crippen molar-refractivity contribution in [3.05, 3.63) is 83.8 Å². The van der Waals surface area contributed by atoms with Crippen LogP contribution in [0.2, 0.25) is 0 Å². The number of para-hydroxylation sites is 1. The molecule has 5 nitrogen and oxygen atoms in total. The third-order valence-corrected chi connectivity index (χ3v) is 4.95. The lowest BCUT2D eigenvalue weighted by molar-refractivity contribution is 0.0976. The van der Waals surface area contributed by atoms with Crippen molar-refractivity contribution in [1.29, 1.82) is 0 Å². The second-order valence-corrected chi connectivity index (χ2v) is 6.96. The number of hydrogen-bond donors (Lipinski definition) is 0. The van der Waals surface area contributed by atoms with Crippen LogP contribution in [-0.2, 0) is 13.0 Å². The maximum absolute atomic E-state index is 13.2. The smallest absolute Gasteiger partial charge is 0.277 e. The first kappa shape index (κ1) is 17.2. The van der Waals surface area contributed by atoms with Gasteiger partial charge in [0.15, 0.2) is 0 Å². The summed E-state index contributed by atoms with van der Waals surface area (Å²) in [5, 5.41) is 0. The molecule has 1 atom stereocenters. The molecule has 0 saturated carbocycles. The van der Waals surface area contributed by atoms with Crippen molar-refractivity contribution in [3.63, 3.8) is 0 Å². The highest BCUT2D eigenvalue weighted by Crippen LogP contribution is 2.33. The molecule has 1 aliphatic rings. The zero-order valence-electron chi connectivity index (χ0n) is 15.5. The molecule has 0 bridgehead atoms. The van der Waals surface area contributed by atoms with Gasteiger partial charge in [-0.2, -0.15) is 0 Å². The maximum Gasteiger partial charge on any atom is 0.277 e.